The molecule has 59 valence electrons. The lowest BCUT2D eigenvalue weighted by molar-refractivity contribution is 0.133. The van der Waals surface area contributed by atoms with E-state index in [0.29, 0.717) is 0 Å². The highest BCUT2D eigenvalue weighted by atomic mass is 15.2. The Morgan fingerprint density at radius 1 is 1.55 bits per heavy atom. The largest absolute Gasteiger partial charge is 0.374 e. The highest BCUT2D eigenvalue weighted by Gasteiger charge is 2.28. The highest BCUT2D eigenvalue weighted by molar-refractivity contribution is 5.23. The minimum Gasteiger partial charge on any atom is -0.374 e. The average molecular weight is 148 g/mol. The lowest BCUT2D eigenvalue weighted by atomic mass is 9.91. The normalized spacial score (nSPS) is 28.5. The van der Waals surface area contributed by atoms with Crippen LogP contribution in [0.1, 0.15) is 19.3 Å². The Labute approximate surface area is 68.4 Å². The first kappa shape index (κ1) is 6.96. The van der Waals surface area contributed by atoms with Crippen LogP contribution in [0.15, 0.2) is 24.4 Å². The average Bonchev–Trinajstić information content (AvgIpc) is 1.96. The van der Waals surface area contributed by atoms with Crippen molar-refractivity contribution in [1.29, 1.82) is 0 Å². The SMILES string of the molecule is C=C[CH]C1=CN2CCC2CC1. The molecule has 2 heterocycles. The molecular weight excluding hydrogens is 134 g/mol. The molecule has 2 rings (SSSR count). The summed E-state index contributed by atoms with van der Waals surface area (Å²) in [4.78, 5) is 2.44. The van der Waals surface area contributed by atoms with Crippen molar-refractivity contribution in [2.45, 2.75) is 25.3 Å². The lowest BCUT2D eigenvalue weighted by Gasteiger charge is -2.44. The molecule has 1 nitrogen and oxygen atoms in total. The Balaban J connectivity index is 2.00. The molecule has 11 heavy (non-hydrogen) atoms. The van der Waals surface area contributed by atoms with E-state index in [0.717, 1.165) is 6.04 Å². The highest BCUT2D eigenvalue weighted by Crippen LogP contribution is 2.30. The Hall–Kier alpha value is -0.720. The third kappa shape index (κ3) is 1.20. The van der Waals surface area contributed by atoms with Gasteiger partial charge in [0.25, 0.3) is 0 Å². The fourth-order valence-electron chi connectivity index (χ4n) is 1.83. The first-order chi connectivity index (χ1) is 5.40. The number of nitrogens with zero attached hydrogens (tertiary/aromatic N) is 1. The quantitative estimate of drug-likeness (QED) is 0.580. The van der Waals surface area contributed by atoms with Gasteiger partial charge in [-0.1, -0.05) is 6.08 Å². The summed E-state index contributed by atoms with van der Waals surface area (Å²) in [5.74, 6) is 0. The standard InChI is InChI=1S/C10H14N/c1-2-3-9-4-5-10-6-7-11(10)8-9/h2-3,8,10H,1,4-7H2. The summed E-state index contributed by atoms with van der Waals surface area (Å²) in [7, 11) is 0. The molecule has 0 spiro atoms. The smallest absolute Gasteiger partial charge is 0.0304 e. The molecule has 1 radical (unpaired) electrons. The second-order valence-corrected chi connectivity index (χ2v) is 3.33. The summed E-state index contributed by atoms with van der Waals surface area (Å²) in [5, 5.41) is 0. The maximum Gasteiger partial charge on any atom is 0.0304 e. The molecule has 1 atom stereocenters. The minimum absolute atomic E-state index is 0.872. The van der Waals surface area contributed by atoms with Gasteiger partial charge in [-0.25, -0.2) is 0 Å². The summed E-state index contributed by atoms with van der Waals surface area (Å²) in [6.07, 6.45) is 10.3. The van der Waals surface area contributed by atoms with Crippen LogP contribution >= 0.6 is 0 Å². The van der Waals surface area contributed by atoms with Crippen LogP contribution in [0.3, 0.4) is 0 Å². The van der Waals surface area contributed by atoms with E-state index in [2.05, 4.69) is 24.1 Å². The fourth-order valence-corrected chi connectivity index (χ4v) is 1.83. The molecule has 1 fully saturated rings. The van der Waals surface area contributed by atoms with E-state index in [9.17, 15) is 0 Å². The molecule has 0 bridgehead atoms. The minimum atomic E-state index is 0.872. The van der Waals surface area contributed by atoms with Crippen LogP contribution < -0.4 is 0 Å². The zero-order chi connectivity index (χ0) is 7.68. The van der Waals surface area contributed by atoms with Crippen LogP contribution in [0, 0.1) is 6.42 Å². The topological polar surface area (TPSA) is 3.24 Å². The Morgan fingerprint density at radius 3 is 3.00 bits per heavy atom. The molecule has 1 unspecified atom stereocenters. The Morgan fingerprint density at radius 2 is 2.45 bits per heavy atom. The third-order valence-electron chi connectivity index (χ3n) is 2.62. The molecule has 0 amide bonds. The first-order valence-corrected chi connectivity index (χ1v) is 4.32. The molecule has 0 aliphatic carbocycles. The summed E-state index contributed by atoms with van der Waals surface area (Å²) in [6.45, 7) is 4.96. The van der Waals surface area contributed by atoms with E-state index in [-0.39, 0.29) is 0 Å². The van der Waals surface area contributed by atoms with Gasteiger partial charge in [-0.2, -0.15) is 0 Å². The van der Waals surface area contributed by atoms with Crippen LogP contribution in [-0.2, 0) is 0 Å². The maximum absolute atomic E-state index is 3.70. The zero-order valence-electron chi connectivity index (χ0n) is 6.79. The van der Waals surface area contributed by atoms with Crippen molar-refractivity contribution in [3.05, 3.63) is 30.8 Å². The molecule has 0 aromatic rings. The fraction of sp³-hybridized carbons (Fsp3) is 0.500. The van der Waals surface area contributed by atoms with Gasteiger partial charge in [0.05, 0.1) is 0 Å². The van der Waals surface area contributed by atoms with Gasteiger partial charge < -0.3 is 4.90 Å². The number of rotatable bonds is 2. The Bertz CT molecular complexity index is 193. The van der Waals surface area contributed by atoms with Crippen molar-refractivity contribution in [2.24, 2.45) is 0 Å². The molecule has 0 saturated carbocycles. The molecule has 1 saturated heterocycles. The van der Waals surface area contributed by atoms with E-state index in [1.54, 1.807) is 0 Å². The summed E-state index contributed by atoms with van der Waals surface area (Å²) < 4.78 is 0. The third-order valence-corrected chi connectivity index (χ3v) is 2.62. The number of allylic oxidation sites excluding steroid dienone is 2. The predicted octanol–water partition coefficient (Wildman–Crippen LogP) is 2.13. The molecule has 0 aromatic heterocycles. The van der Waals surface area contributed by atoms with Gasteiger partial charge in [0.1, 0.15) is 0 Å². The van der Waals surface area contributed by atoms with Crippen molar-refractivity contribution in [1.82, 2.24) is 4.90 Å². The van der Waals surface area contributed by atoms with E-state index < -0.39 is 0 Å². The number of fused-ring (bicyclic) bond motifs is 1. The van der Waals surface area contributed by atoms with Crippen LogP contribution in [0.25, 0.3) is 0 Å². The van der Waals surface area contributed by atoms with E-state index in [4.69, 9.17) is 0 Å². The van der Waals surface area contributed by atoms with Crippen LogP contribution in [0.5, 0.6) is 0 Å². The Kier molecular flexibility index (Phi) is 1.72. The van der Waals surface area contributed by atoms with Crippen molar-refractivity contribution < 1.29 is 0 Å². The second kappa shape index (κ2) is 2.72. The monoisotopic (exact) mass is 148 g/mol. The molecule has 0 N–H and O–H groups in total. The zero-order valence-corrected chi connectivity index (χ0v) is 6.79. The van der Waals surface area contributed by atoms with Crippen molar-refractivity contribution in [3.63, 3.8) is 0 Å². The summed E-state index contributed by atoms with van der Waals surface area (Å²) in [6, 6.07) is 0.872. The number of hydrogen-bond acceptors (Lipinski definition) is 1. The van der Waals surface area contributed by atoms with Gasteiger partial charge in [-0.05, 0) is 31.0 Å². The maximum atomic E-state index is 3.70. The molecule has 0 aromatic carbocycles. The van der Waals surface area contributed by atoms with Crippen LogP contribution in [-0.4, -0.2) is 17.5 Å². The lowest BCUT2D eigenvalue weighted by Crippen LogP contribution is -2.45. The van der Waals surface area contributed by atoms with Gasteiger partial charge in [-0.15, -0.1) is 6.58 Å². The molecule has 2 aliphatic heterocycles. The van der Waals surface area contributed by atoms with Crippen LogP contribution in [0.2, 0.25) is 0 Å². The summed E-state index contributed by atoms with van der Waals surface area (Å²) in [5.41, 5.74) is 1.44. The molecular formula is C10H14N. The van der Waals surface area contributed by atoms with Gasteiger partial charge in [0.15, 0.2) is 0 Å². The second-order valence-electron chi connectivity index (χ2n) is 3.33. The van der Waals surface area contributed by atoms with E-state index in [1.165, 1.54) is 31.4 Å². The van der Waals surface area contributed by atoms with Crippen molar-refractivity contribution >= 4 is 0 Å². The summed E-state index contributed by atoms with van der Waals surface area (Å²) >= 11 is 0. The van der Waals surface area contributed by atoms with Gasteiger partial charge in [-0.3, -0.25) is 0 Å². The predicted molar refractivity (Wildman–Crippen MR) is 46.9 cm³/mol. The van der Waals surface area contributed by atoms with E-state index >= 15 is 0 Å². The van der Waals surface area contributed by atoms with Gasteiger partial charge >= 0.3 is 0 Å². The van der Waals surface area contributed by atoms with Crippen molar-refractivity contribution in [2.75, 3.05) is 6.54 Å². The number of hydrogen-bond donors (Lipinski definition) is 0. The van der Waals surface area contributed by atoms with Crippen LogP contribution in [0.4, 0.5) is 0 Å². The van der Waals surface area contributed by atoms with Gasteiger partial charge in [0.2, 0.25) is 0 Å². The van der Waals surface area contributed by atoms with Crippen molar-refractivity contribution in [3.8, 4) is 0 Å². The van der Waals surface area contributed by atoms with E-state index in [1.807, 2.05) is 6.08 Å². The first-order valence-electron chi connectivity index (χ1n) is 4.32. The molecule has 2 aliphatic rings. The molecule has 1 heteroatoms. The van der Waals surface area contributed by atoms with Gasteiger partial charge in [0, 0.05) is 19.0 Å².